The highest BCUT2D eigenvalue weighted by Crippen LogP contribution is 2.61. The SMILES string of the molecule is CSc1cc(C)c(C(=O)NC23C(=O)c4cccc([N+](=O)[O-])c4C2(O)Oc2cc(C4CC4C)ccc23)[nH]1. The number of aromatic nitrogens is 1. The van der Waals surface area contributed by atoms with E-state index >= 15 is 0 Å². The van der Waals surface area contributed by atoms with E-state index in [0.717, 1.165) is 17.0 Å². The Bertz CT molecular complexity index is 1500. The lowest BCUT2D eigenvalue weighted by molar-refractivity contribution is -0.388. The van der Waals surface area contributed by atoms with Gasteiger partial charge in [-0.05, 0) is 54.7 Å². The van der Waals surface area contributed by atoms with Gasteiger partial charge in [-0.15, -0.1) is 11.8 Å². The zero-order valence-corrected chi connectivity index (χ0v) is 20.6. The number of rotatable bonds is 5. The maximum absolute atomic E-state index is 14.0. The first-order chi connectivity index (χ1) is 17.1. The highest BCUT2D eigenvalue weighted by Gasteiger charge is 2.73. The second kappa shape index (κ2) is 7.44. The molecule has 36 heavy (non-hydrogen) atoms. The molecule has 2 aromatic carbocycles. The summed E-state index contributed by atoms with van der Waals surface area (Å²) in [5.41, 5.74) is -0.736. The van der Waals surface area contributed by atoms with Crippen molar-refractivity contribution in [3.8, 4) is 5.75 Å². The van der Waals surface area contributed by atoms with Crippen molar-refractivity contribution in [2.75, 3.05) is 6.26 Å². The van der Waals surface area contributed by atoms with Crippen LogP contribution in [0.3, 0.4) is 0 Å². The largest absolute Gasteiger partial charge is 0.454 e. The molecule has 1 aliphatic heterocycles. The number of nitrogens with zero attached hydrogens (tertiary/aromatic N) is 1. The van der Waals surface area contributed by atoms with Crippen LogP contribution < -0.4 is 10.1 Å². The van der Waals surface area contributed by atoms with Crippen molar-refractivity contribution >= 4 is 29.1 Å². The minimum absolute atomic E-state index is 0.0643. The molecule has 0 bridgehead atoms. The van der Waals surface area contributed by atoms with Gasteiger partial charge in [0.25, 0.3) is 17.4 Å². The van der Waals surface area contributed by atoms with Crippen LogP contribution in [0.5, 0.6) is 5.75 Å². The summed E-state index contributed by atoms with van der Waals surface area (Å²) in [5, 5.41) is 27.5. The van der Waals surface area contributed by atoms with Crippen molar-refractivity contribution in [1.82, 2.24) is 10.3 Å². The molecule has 0 spiro atoms. The van der Waals surface area contributed by atoms with Gasteiger partial charge in [-0.3, -0.25) is 19.7 Å². The van der Waals surface area contributed by atoms with E-state index in [4.69, 9.17) is 4.74 Å². The molecule has 6 rings (SSSR count). The molecule has 4 unspecified atom stereocenters. The number of aromatic amines is 1. The third-order valence-electron chi connectivity index (χ3n) is 7.61. The number of Topliss-reactive ketones (excluding diaryl/α,β-unsaturated/α-hetero) is 1. The van der Waals surface area contributed by atoms with Crippen LogP contribution in [0.4, 0.5) is 5.69 Å². The van der Waals surface area contributed by atoms with Crippen LogP contribution in [-0.2, 0) is 11.3 Å². The first-order valence-electron chi connectivity index (χ1n) is 11.6. The standard InChI is InChI=1S/C26H23N3O6S/c1-12-9-16(12)14-7-8-17-19(11-14)35-26(32)21-15(5-4-6-18(21)29(33)34)23(30)25(17,26)28-24(31)22-13(2)10-20(27-22)36-3/h4-8,10-12,16,27,32H,9H2,1-3H3,(H,28,31). The Balaban J connectivity index is 1.56. The molecule has 4 atom stereocenters. The summed E-state index contributed by atoms with van der Waals surface area (Å²) in [6, 6.07) is 11.1. The Hall–Kier alpha value is -3.63. The Labute approximate surface area is 210 Å². The Morgan fingerprint density at radius 1 is 1.31 bits per heavy atom. The zero-order chi connectivity index (χ0) is 25.6. The van der Waals surface area contributed by atoms with Gasteiger partial charge in [-0.1, -0.05) is 31.2 Å². The first-order valence-corrected chi connectivity index (χ1v) is 12.8. The molecule has 2 heterocycles. The summed E-state index contributed by atoms with van der Waals surface area (Å²) in [7, 11) is 0. The fourth-order valence-corrected chi connectivity index (χ4v) is 6.14. The zero-order valence-electron chi connectivity index (χ0n) is 19.7. The van der Waals surface area contributed by atoms with Gasteiger partial charge in [-0.25, -0.2) is 0 Å². The minimum Gasteiger partial charge on any atom is -0.454 e. The maximum atomic E-state index is 14.0. The number of carbonyl (C=O) groups excluding carboxylic acids is 2. The summed E-state index contributed by atoms with van der Waals surface area (Å²) in [6.07, 6.45) is 2.88. The number of ether oxygens (including phenoxy) is 1. The van der Waals surface area contributed by atoms with Gasteiger partial charge in [0.15, 0.2) is 0 Å². The number of hydrogen-bond donors (Lipinski definition) is 3. The van der Waals surface area contributed by atoms with E-state index in [9.17, 15) is 24.8 Å². The van der Waals surface area contributed by atoms with Crippen LogP contribution >= 0.6 is 11.8 Å². The summed E-state index contributed by atoms with van der Waals surface area (Å²) >= 11 is 1.42. The summed E-state index contributed by atoms with van der Waals surface area (Å²) in [6.45, 7) is 3.89. The van der Waals surface area contributed by atoms with Crippen LogP contribution in [0, 0.1) is 23.0 Å². The monoisotopic (exact) mass is 505 g/mol. The molecular formula is C26H23N3O6S. The third-order valence-corrected chi connectivity index (χ3v) is 8.27. The topological polar surface area (TPSA) is 135 Å². The van der Waals surface area contributed by atoms with Crippen molar-refractivity contribution in [2.45, 2.75) is 42.5 Å². The van der Waals surface area contributed by atoms with Gasteiger partial charge in [0.05, 0.1) is 9.95 Å². The maximum Gasteiger partial charge on any atom is 0.280 e. The van der Waals surface area contributed by atoms with Gasteiger partial charge in [0.1, 0.15) is 17.0 Å². The van der Waals surface area contributed by atoms with E-state index in [2.05, 4.69) is 17.2 Å². The predicted molar refractivity (Wildman–Crippen MR) is 131 cm³/mol. The number of carbonyl (C=O) groups is 2. The normalized spacial score (nSPS) is 27.2. The van der Waals surface area contributed by atoms with Crippen LogP contribution in [0.15, 0.2) is 47.5 Å². The van der Waals surface area contributed by atoms with Gasteiger partial charge in [0.2, 0.25) is 11.3 Å². The second-order valence-corrected chi connectivity index (χ2v) is 10.6. The Morgan fingerprint density at radius 3 is 2.69 bits per heavy atom. The average molecular weight is 506 g/mol. The van der Waals surface area contributed by atoms with Crippen LogP contribution in [-0.4, -0.2) is 33.0 Å². The van der Waals surface area contributed by atoms with Crippen LogP contribution in [0.25, 0.3) is 0 Å². The molecule has 3 N–H and O–H groups in total. The van der Waals surface area contributed by atoms with Crippen molar-refractivity contribution in [2.24, 2.45) is 5.92 Å². The summed E-state index contributed by atoms with van der Waals surface area (Å²) < 4.78 is 6.06. The fourth-order valence-electron chi connectivity index (χ4n) is 5.64. The fraction of sp³-hybridized carbons (Fsp3) is 0.308. The molecule has 184 valence electrons. The van der Waals surface area contributed by atoms with E-state index < -0.39 is 33.6 Å². The van der Waals surface area contributed by atoms with Crippen molar-refractivity contribution in [1.29, 1.82) is 0 Å². The predicted octanol–water partition coefficient (Wildman–Crippen LogP) is 4.14. The van der Waals surface area contributed by atoms with Gasteiger partial charge >= 0.3 is 0 Å². The van der Waals surface area contributed by atoms with E-state index in [-0.39, 0.29) is 28.1 Å². The highest BCUT2D eigenvalue weighted by molar-refractivity contribution is 7.98. The lowest BCUT2D eigenvalue weighted by Gasteiger charge is -2.34. The van der Waals surface area contributed by atoms with Crippen molar-refractivity contribution < 1.29 is 24.4 Å². The van der Waals surface area contributed by atoms with Crippen LogP contribution in [0.1, 0.15) is 62.4 Å². The molecule has 10 heteroatoms. The minimum atomic E-state index is -2.50. The molecule has 3 aliphatic rings. The number of thioether (sulfide) groups is 1. The molecule has 1 aromatic heterocycles. The Morgan fingerprint density at radius 2 is 2.06 bits per heavy atom. The molecule has 0 saturated heterocycles. The van der Waals surface area contributed by atoms with Gasteiger partial charge < -0.3 is 20.1 Å². The van der Waals surface area contributed by atoms with E-state index in [1.165, 1.54) is 30.0 Å². The Kier molecular flexibility index (Phi) is 4.71. The number of aliphatic hydroxyl groups is 1. The van der Waals surface area contributed by atoms with Crippen LogP contribution in [0.2, 0.25) is 0 Å². The van der Waals surface area contributed by atoms with Crippen molar-refractivity contribution in [3.63, 3.8) is 0 Å². The molecule has 1 fully saturated rings. The molecule has 1 saturated carbocycles. The highest BCUT2D eigenvalue weighted by atomic mass is 32.2. The van der Waals surface area contributed by atoms with Gasteiger partial charge in [0, 0.05) is 17.2 Å². The molecular weight excluding hydrogens is 482 g/mol. The second-order valence-electron chi connectivity index (χ2n) is 9.71. The van der Waals surface area contributed by atoms with E-state index in [1.807, 2.05) is 18.4 Å². The number of nitro benzene ring substituents is 1. The lowest BCUT2D eigenvalue weighted by atomic mass is 9.82. The number of aryl methyl sites for hydroxylation is 1. The average Bonchev–Trinajstić information content (AvgIpc) is 3.30. The molecule has 9 nitrogen and oxygen atoms in total. The quantitative estimate of drug-likeness (QED) is 0.270. The van der Waals surface area contributed by atoms with E-state index in [0.29, 0.717) is 17.4 Å². The number of hydrogen-bond acceptors (Lipinski definition) is 7. The lowest BCUT2D eigenvalue weighted by Crippen LogP contribution is -2.60. The number of benzene rings is 2. The molecule has 3 aromatic rings. The third kappa shape index (κ3) is 2.82. The smallest absolute Gasteiger partial charge is 0.280 e. The number of H-pyrrole nitrogens is 1. The summed E-state index contributed by atoms with van der Waals surface area (Å²) in [4.78, 5) is 41.9. The molecule has 2 aliphatic carbocycles. The van der Waals surface area contributed by atoms with Gasteiger partial charge in [-0.2, -0.15) is 0 Å². The van der Waals surface area contributed by atoms with Crippen molar-refractivity contribution in [3.05, 3.63) is 86.1 Å². The molecule has 1 amide bonds. The molecule has 0 radical (unpaired) electrons. The number of nitro groups is 1. The number of fused-ring (bicyclic) bond motifs is 5. The number of amides is 1. The first kappa shape index (κ1) is 22.8. The van der Waals surface area contributed by atoms with E-state index in [1.54, 1.807) is 19.1 Å². The number of ketones is 1. The summed E-state index contributed by atoms with van der Waals surface area (Å²) in [5.74, 6) is -2.74. The number of nitrogens with one attached hydrogen (secondary N) is 2.